The molecule has 0 saturated carbocycles. The summed E-state index contributed by atoms with van der Waals surface area (Å²) >= 11 is 6.27. The van der Waals surface area contributed by atoms with Crippen LogP contribution in [-0.2, 0) is 0 Å². The summed E-state index contributed by atoms with van der Waals surface area (Å²) in [6.07, 6.45) is 0. The van der Waals surface area contributed by atoms with Crippen LogP contribution >= 0.6 is 11.6 Å². The Morgan fingerprint density at radius 2 is 1.84 bits per heavy atom. The van der Waals surface area contributed by atoms with Crippen LogP contribution in [0.3, 0.4) is 0 Å². The highest BCUT2D eigenvalue weighted by Gasteiger charge is 2.27. The molecular weight excluding hydrogens is 262 g/mol. The summed E-state index contributed by atoms with van der Waals surface area (Å²) in [4.78, 5) is 0. The summed E-state index contributed by atoms with van der Waals surface area (Å²) in [6.45, 7) is 9.59. The van der Waals surface area contributed by atoms with Crippen molar-refractivity contribution in [2.75, 3.05) is 20.8 Å². The zero-order valence-corrected chi connectivity index (χ0v) is 13.4. The van der Waals surface area contributed by atoms with Crippen molar-refractivity contribution < 1.29 is 9.47 Å². The van der Waals surface area contributed by atoms with E-state index < -0.39 is 0 Å². The van der Waals surface area contributed by atoms with Crippen molar-refractivity contribution in [3.05, 3.63) is 22.7 Å². The van der Waals surface area contributed by atoms with Gasteiger partial charge in [-0.3, -0.25) is 0 Å². The second kappa shape index (κ2) is 6.49. The molecule has 3 nitrogen and oxygen atoms in total. The Hall–Kier alpha value is -0.930. The van der Waals surface area contributed by atoms with Crippen LogP contribution in [0.25, 0.3) is 0 Å². The van der Waals surface area contributed by atoms with E-state index >= 15 is 0 Å². The molecule has 1 aromatic rings. The number of hydrogen-bond acceptors (Lipinski definition) is 3. The molecule has 108 valence electrons. The maximum Gasteiger partial charge on any atom is 0.179 e. The van der Waals surface area contributed by atoms with Gasteiger partial charge in [0.05, 0.1) is 19.2 Å². The number of halogens is 1. The third-order valence-corrected chi connectivity index (χ3v) is 3.34. The van der Waals surface area contributed by atoms with Gasteiger partial charge in [0.15, 0.2) is 11.5 Å². The standard InChI is InChI=1S/C15H24ClNO2/c1-7-17-14(15(2,3)4)10-8-11(16)13(19-6)12(9-10)18-5/h8-9,14,17H,7H2,1-6H3. The van der Waals surface area contributed by atoms with E-state index in [1.807, 2.05) is 12.1 Å². The Bertz CT molecular complexity index is 427. The minimum atomic E-state index is 0.0823. The van der Waals surface area contributed by atoms with Crippen LogP contribution in [0.5, 0.6) is 11.5 Å². The van der Waals surface area contributed by atoms with Crippen LogP contribution < -0.4 is 14.8 Å². The predicted octanol–water partition coefficient (Wildman–Crippen LogP) is 4.05. The van der Waals surface area contributed by atoms with Crippen molar-refractivity contribution in [2.45, 2.75) is 33.7 Å². The Labute approximate surface area is 121 Å². The smallest absolute Gasteiger partial charge is 0.179 e. The zero-order chi connectivity index (χ0) is 14.6. The molecule has 0 spiro atoms. The highest BCUT2D eigenvalue weighted by molar-refractivity contribution is 6.32. The lowest BCUT2D eigenvalue weighted by atomic mass is 9.82. The van der Waals surface area contributed by atoms with Gasteiger partial charge in [-0.1, -0.05) is 39.3 Å². The first-order valence-electron chi connectivity index (χ1n) is 6.50. The quantitative estimate of drug-likeness (QED) is 0.885. The average molecular weight is 286 g/mol. The summed E-state index contributed by atoms with van der Waals surface area (Å²) in [5.74, 6) is 1.24. The Morgan fingerprint density at radius 1 is 1.21 bits per heavy atom. The molecule has 0 amide bonds. The van der Waals surface area contributed by atoms with Crippen LogP contribution in [0.15, 0.2) is 12.1 Å². The van der Waals surface area contributed by atoms with E-state index in [1.165, 1.54) is 0 Å². The molecule has 1 N–H and O–H groups in total. The van der Waals surface area contributed by atoms with Crippen LogP contribution in [-0.4, -0.2) is 20.8 Å². The lowest BCUT2D eigenvalue weighted by molar-refractivity contribution is 0.275. The van der Waals surface area contributed by atoms with Gasteiger partial charge in [0, 0.05) is 6.04 Å². The van der Waals surface area contributed by atoms with E-state index in [1.54, 1.807) is 14.2 Å². The number of rotatable bonds is 5. The van der Waals surface area contributed by atoms with Crippen molar-refractivity contribution in [3.8, 4) is 11.5 Å². The first-order chi connectivity index (χ1) is 8.85. The number of hydrogen-bond donors (Lipinski definition) is 1. The molecule has 1 unspecified atom stereocenters. The predicted molar refractivity (Wildman–Crippen MR) is 80.4 cm³/mol. The highest BCUT2D eigenvalue weighted by Crippen LogP contribution is 2.41. The summed E-state index contributed by atoms with van der Waals surface area (Å²) in [7, 11) is 3.21. The van der Waals surface area contributed by atoms with E-state index in [9.17, 15) is 0 Å². The van der Waals surface area contributed by atoms with Crippen molar-refractivity contribution >= 4 is 11.6 Å². The molecule has 1 rings (SSSR count). The number of ether oxygens (including phenoxy) is 2. The maximum atomic E-state index is 6.27. The van der Waals surface area contributed by atoms with Crippen molar-refractivity contribution in [1.82, 2.24) is 5.32 Å². The van der Waals surface area contributed by atoms with Gasteiger partial charge in [0.1, 0.15) is 0 Å². The van der Waals surface area contributed by atoms with Gasteiger partial charge in [0.2, 0.25) is 0 Å². The van der Waals surface area contributed by atoms with E-state index in [2.05, 4.69) is 33.0 Å². The summed E-state index contributed by atoms with van der Waals surface area (Å²) < 4.78 is 10.6. The first kappa shape index (κ1) is 16.1. The third-order valence-electron chi connectivity index (χ3n) is 3.06. The minimum Gasteiger partial charge on any atom is -0.493 e. The second-order valence-electron chi connectivity index (χ2n) is 5.59. The molecule has 0 aromatic heterocycles. The molecule has 0 aliphatic heterocycles. The molecular formula is C15H24ClNO2. The molecule has 0 radical (unpaired) electrons. The average Bonchev–Trinajstić information content (AvgIpc) is 2.33. The first-order valence-corrected chi connectivity index (χ1v) is 6.87. The van der Waals surface area contributed by atoms with Crippen molar-refractivity contribution in [2.24, 2.45) is 5.41 Å². The molecule has 4 heteroatoms. The van der Waals surface area contributed by atoms with Crippen LogP contribution in [0.2, 0.25) is 5.02 Å². The van der Waals surface area contributed by atoms with Gasteiger partial charge in [-0.15, -0.1) is 0 Å². The minimum absolute atomic E-state index is 0.0823. The van der Waals surface area contributed by atoms with Crippen LogP contribution in [0.1, 0.15) is 39.3 Å². The molecule has 0 saturated heterocycles. The van der Waals surface area contributed by atoms with Gasteiger partial charge in [-0.2, -0.15) is 0 Å². The van der Waals surface area contributed by atoms with E-state index in [0.717, 1.165) is 12.1 Å². The van der Waals surface area contributed by atoms with Gasteiger partial charge < -0.3 is 14.8 Å². The molecule has 0 fully saturated rings. The fourth-order valence-corrected chi connectivity index (χ4v) is 2.53. The molecule has 0 heterocycles. The molecule has 19 heavy (non-hydrogen) atoms. The highest BCUT2D eigenvalue weighted by atomic mass is 35.5. The normalized spacial score (nSPS) is 13.2. The fraction of sp³-hybridized carbons (Fsp3) is 0.600. The van der Waals surface area contributed by atoms with Crippen molar-refractivity contribution in [3.63, 3.8) is 0 Å². The number of benzene rings is 1. The Kier molecular flexibility index (Phi) is 5.50. The Balaban J connectivity index is 3.29. The largest absolute Gasteiger partial charge is 0.493 e. The fourth-order valence-electron chi connectivity index (χ4n) is 2.23. The molecule has 0 aliphatic carbocycles. The maximum absolute atomic E-state index is 6.27. The van der Waals surface area contributed by atoms with Crippen LogP contribution in [0.4, 0.5) is 0 Å². The second-order valence-corrected chi connectivity index (χ2v) is 6.00. The van der Waals surface area contributed by atoms with E-state index in [0.29, 0.717) is 16.5 Å². The number of nitrogens with one attached hydrogen (secondary N) is 1. The van der Waals surface area contributed by atoms with Gasteiger partial charge in [-0.25, -0.2) is 0 Å². The van der Waals surface area contributed by atoms with Gasteiger partial charge in [0.25, 0.3) is 0 Å². The molecule has 1 aromatic carbocycles. The molecule has 0 bridgehead atoms. The van der Waals surface area contributed by atoms with Gasteiger partial charge in [-0.05, 0) is 29.7 Å². The summed E-state index contributed by atoms with van der Waals surface area (Å²) in [6, 6.07) is 4.14. The van der Waals surface area contributed by atoms with Gasteiger partial charge >= 0.3 is 0 Å². The summed E-state index contributed by atoms with van der Waals surface area (Å²) in [5.41, 5.74) is 1.19. The lowest BCUT2D eigenvalue weighted by Gasteiger charge is -2.32. The lowest BCUT2D eigenvalue weighted by Crippen LogP contribution is -2.32. The van der Waals surface area contributed by atoms with Crippen molar-refractivity contribution in [1.29, 1.82) is 0 Å². The third kappa shape index (κ3) is 3.77. The Morgan fingerprint density at radius 3 is 2.26 bits per heavy atom. The molecule has 1 atom stereocenters. The van der Waals surface area contributed by atoms with E-state index in [-0.39, 0.29) is 11.5 Å². The summed E-state index contributed by atoms with van der Waals surface area (Å²) in [5, 5.41) is 4.07. The van der Waals surface area contributed by atoms with Crippen LogP contribution in [0, 0.1) is 5.41 Å². The molecule has 0 aliphatic rings. The topological polar surface area (TPSA) is 30.5 Å². The zero-order valence-electron chi connectivity index (χ0n) is 12.6. The SMILES string of the molecule is CCNC(c1cc(Cl)c(OC)c(OC)c1)C(C)(C)C. The monoisotopic (exact) mass is 285 g/mol. The van der Waals surface area contributed by atoms with E-state index in [4.69, 9.17) is 21.1 Å². The number of methoxy groups -OCH3 is 2.